The summed E-state index contributed by atoms with van der Waals surface area (Å²) >= 11 is 7.35. The summed E-state index contributed by atoms with van der Waals surface area (Å²) in [4.78, 5) is 12.1. The largest absolute Gasteiger partial charge is 0.497 e. The van der Waals surface area contributed by atoms with Crippen LogP contribution in [0.1, 0.15) is 0 Å². The average Bonchev–Trinajstić information content (AvgIpc) is 3.01. The fraction of sp³-hybridized carbons (Fsp3) is 0.167. The summed E-state index contributed by atoms with van der Waals surface area (Å²) in [6, 6.07) is 14.6. The zero-order valence-corrected chi connectivity index (χ0v) is 15.8. The molecule has 6 nitrogen and oxygen atoms in total. The van der Waals surface area contributed by atoms with Crippen molar-refractivity contribution in [2.75, 3.05) is 18.2 Å². The topological polar surface area (TPSA) is 69.0 Å². The molecule has 0 spiro atoms. The maximum atomic E-state index is 12.1. The number of nitrogens with zero attached hydrogens (tertiary/aromatic N) is 3. The lowest BCUT2D eigenvalue weighted by atomic mass is 10.2. The minimum Gasteiger partial charge on any atom is -0.497 e. The summed E-state index contributed by atoms with van der Waals surface area (Å²) in [5, 5.41) is 12.5. The molecule has 1 heterocycles. The van der Waals surface area contributed by atoms with Gasteiger partial charge in [-0.2, -0.15) is 0 Å². The van der Waals surface area contributed by atoms with Gasteiger partial charge in [-0.15, -0.1) is 10.2 Å². The van der Waals surface area contributed by atoms with Crippen LogP contribution in [-0.4, -0.2) is 33.5 Å². The Labute approximate surface area is 160 Å². The molecule has 0 bridgehead atoms. The van der Waals surface area contributed by atoms with Gasteiger partial charge in [-0.05, 0) is 36.4 Å². The number of aromatic nitrogens is 3. The molecule has 2 aromatic carbocycles. The van der Waals surface area contributed by atoms with E-state index in [0.29, 0.717) is 21.7 Å². The quantitative estimate of drug-likeness (QED) is 0.649. The van der Waals surface area contributed by atoms with Crippen LogP contribution in [-0.2, 0) is 11.8 Å². The third kappa shape index (κ3) is 4.36. The summed E-state index contributed by atoms with van der Waals surface area (Å²) in [7, 11) is 3.46. The molecule has 0 aliphatic rings. The minimum atomic E-state index is -0.118. The Morgan fingerprint density at radius 1 is 1.23 bits per heavy atom. The highest BCUT2D eigenvalue weighted by Gasteiger charge is 2.13. The normalized spacial score (nSPS) is 10.6. The number of ether oxygens (including phenoxy) is 1. The van der Waals surface area contributed by atoms with E-state index < -0.39 is 0 Å². The van der Waals surface area contributed by atoms with Crippen molar-refractivity contribution < 1.29 is 9.53 Å². The number of rotatable bonds is 6. The molecule has 8 heteroatoms. The molecule has 0 saturated carbocycles. The highest BCUT2D eigenvalue weighted by atomic mass is 35.5. The number of methoxy groups -OCH3 is 1. The highest BCUT2D eigenvalue weighted by Crippen LogP contribution is 2.25. The Kier molecular flexibility index (Phi) is 5.80. The van der Waals surface area contributed by atoms with Gasteiger partial charge in [0, 0.05) is 23.3 Å². The maximum Gasteiger partial charge on any atom is 0.234 e. The molecular weight excluding hydrogens is 372 g/mol. The lowest BCUT2D eigenvalue weighted by molar-refractivity contribution is -0.113. The number of carbonyl (C=O) groups excluding carboxylic acids is 1. The number of thioether (sulfide) groups is 1. The minimum absolute atomic E-state index is 0.118. The van der Waals surface area contributed by atoms with Gasteiger partial charge in [0.1, 0.15) is 5.75 Å². The lowest BCUT2D eigenvalue weighted by Gasteiger charge is -2.06. The van der Waals surface area contributed by atoms with Gasteiger partial charge in [0.15, 0.2) is 11.0 Å². The molecule has 3 aromatic rings. The van der Waals surface area contributed by atoms with Crippen LogP contribution in [0.2, 0.25) is 5.02 Å². The molecule has 0 aliphatic carbocycles. The highest BCUT2D eigenvalue weighted by molar-refractivity contribution is 7.99. The van der Waals surface area contributed by atoms with Crippen LogP contribution >= 0.6 is 23.4 Å². The molecule has 0 fully saturated rings. The van der Waals surface area contributed by atoms with Crippen molar-refractivity contribution in [1.29, 1.82) is 0 Å². The van der Waals surface area contributed by atoms with Gasteiger partial charge in [0.25, 0.3) is 0 Å². The van der Waals surface area contributed by atoms with Gasteiger partial charge >= 0.3 is 0 Å². The van der Waals surface area contributed by atoms with E-state index in [1.807, 2.05) is 29.8 Å². The molecule has 1 aromatic heterocycles. The maximum absolute atomic E-state index is 12.1. The second kappa shape index (κ2) is 8.25. The van der Waals surface area contributed by atoms with Gasteiger partial charge in [0.2, 0.25) is 5.91 Å². The third-order valence-electron chi connectivity index (χ3n) is 3.62. The molecule has 0 radical (unpaired) electrons. The van der Waals surface area contributed by atoms with E-state index in [0.717, 1.165) is 11.3 Å². The Hall–Kier alpha value is -2.51. The van der Waals surface area contributed by atoms with Crippen molar-refractivity contribution >= 4 is 35.0 Å². The van der Waals surface area contributed by atoms with Crippen molar-refractivity contribution in [2.24, 2.45) is 7.05 Å². The summed E-state index contributed by atoms with van der Waals surface area (Å²) < 4.78 is 6.94. The fourth-order valence-electron chi connectivity index (χ4n) is 2.32. The molecular formula is C18H17ClN4O2S. The first-order valence-electron chi connectivity index (χ1n) is 7.79. The van der Waals surface area contributed by atoms with Gasteiger partial charge in [0.05, 0.1) is 12.9 Å². The van der Waals surface area contributed by atoms with Gasteiger partial charge in [-0.25, -0.2) is 0 Å². The number of anilines is 1. The summed E-state index contributed by atoms with van der Waals surface area (Å²) in [5.41, 5.74) is 1.59. The van der Waals surface area contributed by atoms with Crippen LogP contribution in [0.5, 0.6) is 5.75 Å². The van der Waals surface area contributed by atoms with Crippen LogP contribution in [0.15, 0.2) is 53.7 Å². The van der Waals surface area contributed by atoms with E-state index in [-0.39, 0.29) is 11.7 Å². The van der Waals surface area contributed by atoms with Crippen molar-refractivity contribution in [2.45, 2.75) is 5.16 Å². The molecule has 1 amide bonds. The lowest BCUT2D eigenvalue weighted by Crippen LogP contribution is -2.14. The monoisotopic (exact) mass is 388 g/mol. The van der Waals surface area contributed by atoms with Crippen molar-refractivity contribution in [3.8, 4) is 17.1 Å². The van der Waals surface area contributed by atoms with Gasteiger partial charge in [-0.3, -0.25) is 4.79 Å². The number of carbonyl (C=O) groups is 1. The molecule has 26 heavy (non-hydrogen) atoms. The van der Waals surface area contributed by atoms with Crippen LogP contribution in [0.3, 0.4) is 0 Å². The Morgan fingerprint density at radius 2 is 2.00 bits per heavy atom. The predicted molar refractivity (Wildman–Crippen MR) is 104 cm³/mol. The summed E-state index contributed by atoms with van der Waals surface area (Å²) in [6.45, 7) is 0. The molecule has 0 atom stereocenters. The van der Waals surface area contributed by atoms with E-state index in [2.05, 4.69) is 15.5 Å². The van der Waals surface area contributed by atoms with Crippen LogP contribution in [0.4, 0.5) is 5.69 Å². The first-order chi connectivity index (χ1) is 12.6. The van der Waals surface area contributed by atoms with Crippen LogP contribution in [0.25, 0.3) is 11.4 Å². The van der Waals surface area contributed by atoms with Gasteiger partial charge in [-0.1, -0.05) is 35.5 Å². The zero-order valence-electron chi connectivity index (χ0n) is 14.3. The molecule has 0 aliphatic heterocycles. The standard InChI is InChI=1S/C18H17ClN4O2S/c1-23-17(12-4-3-5-13(19)10-12)21-22-18(23)26-11-16(24)20-14-6-8-15(25-2)9-7-14/h3-10H,11H2,1-2H3,(H,20,24). The number of hydrogen-bond donors (Lipinski definition) is 1. The molecule has 1 N–H and O–H groups in total. The average molecular weight is 389 g/mol. The molecule has 3 rings (SSSR count). The number of hydrogen-bond acceptors (Lipinski definition) is 5. The number of nitrogens with one attached hydrogen (secondary N) is 1. The summed E-state index contributed by atoms with van der Waals surface area (Å²) in [5.74, 6) is 1.55. The summed E-state index contributed by atoms with van der Waals surface area (Å²) in [6.07, 6.45) is 0. The SMILES string of the molecule is COc1ccc(NC(=O)CSc2nnc(-c3cccc(Cl)c3)n2C)cc1. The Morgan fingerprint density at radius 3 is 2.69 bits per heavy atom. The van der Waals surface area contributed by atoms with E-state index in [4.69, 9.17) is 16.3 Å². The van der Waals surface area contributed by atoms with Crippen molar-refractivity contribution in [1.82, 2.24) is 14.8 Å². The second-order valence-electron chi connectivity index (χ2n) is 5.44. The van der Waals surface area contributed by atoms with Crippen molar-refractivity contribution in [3.63, 3.8) is 0 Å². The van der Waals surface area contributed by atoms with E-state index in [1.54, 1.807) is 37.4 Å². The second-order valence-corrected chi connectivity index (χ2v) is 6.82. The Balaban J connectivity index is 1.61. The first kappa shape index (κ1) is 18.3. The molecule has 0 saturated heterocycles. The number of amides is 1. The zero-order chi connectivity index (χ0) is 18.5. The van der Waals surface area contributed by atoms with Gasteiger partial charge < -0.3 is 14.6 Å². The van der Waals surface area contributed by atoms with Crippen molar-refractivity contribution in [3.05, 3.63) is 53.6 Å². The molecule has 0 unspecified atom stereocenters. The number of halogens is 1. The Bertz CT molecular complexity index is 912. The van der Waals surface area contributed by atoms with E-state index in [9.17, 15) is 4.79 Å². The predicted octanol–water partition coefficient (Wildman–Crippen LogP) is 3.87. The van der Waals surface area contributed by atoms with E-state index in [1.165, 1.54) is 11.8 Å². The number of benzene rings is 2. The first-order valence-corrected chi connectivity index (χ1v) is 9.15. The fourth-order valence-corrected chi connectivity index (χ4v) is 3.22. The smallest absolute Gasteiger partial charge is 0.234 e. The van der Waals surface area contributed by atoms with E-state index >= 15 is 0 Å². The van der Waals surface area contributed by atoms with Crippen LogP contribution < -0.4 is 10.1 Å². The third-order valence-corrected chi connectivity index (χ3v) is 4.88. The van der Waals surface area contributed by atoms with Crippen LogP contribution in [0, 0.1) is 0 Å². The molecule has 134 valence electrons.